The van der Waals surface area contributed by atoms with E-state index < -0.39 is 22.3 Å². The standard InChI is InChI=1S/C17H15BrN2O3S/c1-23-17-16(18)14-10-6-5-9-13(14)15(11-19)20(17)24(21,22)12-7-3-2-4-8-12/h2-10,15-17H,1H3. The summed E-state index contributed by atoms with van der Waals surface area (Å²) in [5.41, 5.74) is 1.52. The molecule has 0 saturated heterocycles. The molecule has 1 heterocycles. The number of methoxy groups -OCH3 is 1. The van der Waals surface area contributed by atoms with Crippen LogP contribution in [0.3, 0.4) is 0 Å². The number of nitriles is 1. The monoisotopic (exact) mass is 406 g/mol. The number of fused-ring (bicyclic) bond motifs is 1. The van der Waals surface area contributed by atoms with E-state index in [1.807, 2.05) is 12.1 Å². The van der Waals surface area contributed by atoms with Crippen LogP contribution in [0.1, 0.15) is 22.0 Å². The second kappa shape index (κ2) is 6.65. The Balaban J connectivity index is 2.21. The van der Waals surface area contributed by atoms with Crippen LogP contribution in [0.4, 0.5) is 0 Å². The number of nitrogens with zero attached hydrogens (tertiary/aromatic N) is 2. The summed E-state index contributed by atoms with van der Waals surface area (Å²) in [4.78, 5) is -0.242. The smallest absolute Gasteiger partial charge is 0.246 e. The summed E-state index contributed by atoms with van der Waals surface area (Å²) in [6.45, 7) is 0. The van der Waals surface area contributed by atoms with Gasteiger partial charge in [0.1, 0.15) is 12.3 Å². The molecule has 5 nitrogen and oxygen atoms in total. The highest BCUT2D eigenvalue weighted by molar-refractivity contribution is 9.09. The average molecular weight is 407 g/mol. The first-order chi connectivity index (χ1) is 11.5. The third-order valence-corrected chi connectivity index (χ3v) is 6.81. The first-order valence-electron chi connectivity index (χ1n) is 7.26. The van der Waals surface area contributed by atoms with Crippen molar-refractivity contribution in [1.29, 1.82) is 5.26 Å². The first-order valence-corrected chi connectivity index (χ1v) is 9.62. The molecule has 2 aromatic carbocycles. The molecule has 0 aliphatic carbocycles. The minimum Gasteiger partial charge on any atom is -0.364 e. The third-order valence-electron chi connectivity index (χ3n) is 4.03. The number of ether oxygens (including phenoxy) is 1. The zero-order valence-corrected chi connectivity index (χ0v) is 15.2. The highest BCUT2D eigenvalue weighted by Crippen LogP contribution is 2.45. The SMILES string of the molecule is COC1C(Br)c2ccccc2C(C#N)N1S(=O)(=O)c1ccccc1. The van der Waals surface area contributed by atoms with Gasteiger partial charge >= 0.3 is 0 Å². The van der Waals surface area contributed by atoms with Crippen LogP contribution in [0, 0.1) is 11.3 Å². The minimum atomic E-state index is -3.90. The Bertz CT molecular complexity index is 880. The largest absolute Gasteiger partial charge is 0.364 e. The van der Waals surface area contributed by atoms with Crippen LogP contribution in [0.15, 0.2) is 59.5 Å². The molecule has 0 N–H and O–H groups in total. The summed E-state index contributed by atoms with van der Waals surface area (Å²) < 4.78 is 32.9. The van der Waals surface area contributed by atoms with Crippen LogP contribution in [0.25, 0.3) is 0 Å². The van der Waals surface area contributed by atoms with Gasteiger partial charge in [0.05, 0.1) is 15.8 Å². The Morgan fingerprint density at radius 3 is 2.25 bits per heavy atom. The zero-order chi connectivity index (χ0) is 17.3. The highest BCUT2D eigenvalue weighted by atomic mass is 79.9. The number of hydrogen-bond acceptors (Lipinski definition) is 4. The zero-order valence-electron chi connectivity index (χ0n) is 12.8. The lowest BCUT2D eigenvalue weighted by Crippen LogP contribution is -2.48. The van der Waals surface area contributed by atoms with Crippen molar-refractivity contribution in [3.8, 4) is 6.07 Å². The van der Waals surface area contributed by atoms with E-state index in [0.29, 0.717) is 5.56 Å². The first kappa shape index (κ1) is 17.1. The summed E-state index contributed by atoms with van der Waals surface area (Å²) in [7, 11) is -2.47. The van der Waals surface area contributed by atoms with Crippen LogP contribution in [-0.4, -0.2) is 26.1 Å². The lowest BCUT2D eigenvalue weighted by molar-refractivity contribution is -0.00278. The Kier molecular flexibility index (Phi) is 4.74. The molecule has 0 amide bonds. The normalized spacial score (nSPS) is 24.1. The third kappa shape index (κ3) is 2.66. The summed E-state index contributed by atoms with van der Waals surface area (Å²) in [5.74, 6) is 0. The Morgan fingerprint density at radius 2 is 1.67 bits per heavy atom. The molecule has 1 aliphatic heterocycles. The van der Waals surface area contributed by atoms with Gasteiger partial charge < -0.3 is 4.74 Å². The molecule has 3 atom stereocenters. The summed E-state index contributed by atoms with van der Waals surface area (Å²) in [6, 6.07) is 16.5. The van der Waals surface area contributed by atoms with Crippen molar-refractivity contribution >= 4 is 26.0 Å². The molecule has 0 saturated carbocycles. The fraction of sp³-hybridized carbons (Fsp3) is 0.235. The van der Waals surface area contributed by atoms with Crippen molar-refractivity contribution in [2.45, 2.75) is 22.0 Å². The average Bonchev–Trinajstić information content (AvgIpc) is 2.62. The van der Waals surface area contributed by atoms with E-state index in [2.05, 4.69) is 22.0 Å². The van der Waals surface area contributed by atoms with Gasteiger partial charge in [-0.1, -0.05) is 58.4 Å². The Labute approximate surface area is 149 Å². The minimum absolute atomic E-state index is 0.131. The van der Waals surface area contributed by atoms with Gasteiger partial charge in [0, 0.05) is 7.11 Å². The van der Waals surface area contributed by atoms with Crippen LogP contribution in [0.5, 0.6) is 0 Å². The Morgan fingerprint density at radius 1 is 1.08 bits per heavy atom. The Hall–Kier alpha value is -1.72. The van der Waals surface area contributed by atoms with E-state index in [1.165, 1.54) is 19.2 Å². The highest BCUT2D eigenvalue weighted by Gasteiger charge is 2.47. The van der Waals surface area contributed by atoms with Gasteiger partial charge in [0.2, 0.25) is 10.0 Å². The number of sulfonamides is 1. The van der Waals surface area contributed by atoms with E-state index >= 15 is 0 Å². The van der Waals surface area contributed by atoms with Crippen molar-refractivity contribution in [3.05, 3.63) is 65.7 Å². The summed E-state index contributed by atoms with van der Waals surface area (Å²) >= 11 is 3.54. The number of halogens is 1. The van der Waals surface area contributed by atoms with Crippen molar-refractivity contribution in [1.82, 2.24) is 4.31 Å². The number of benzene rings is 2. The second-order valence-corrected chi connectivity index (χ2v) is 8.17. The van der Waals surface area contributed by atoms with E-state index in [4.69, 9.17) is 4.74 Å². The van der Waals surface area contributed by atoms with Gasteiger partial charge in [-0.05, 0) is 23.3 Å². The predicted molar refractivity (Wildman–Crippen MR) is 92.7 cm³/mol. The van der Waals surface area contributed by atoms with Crippen molar-refractivity contribution < 1.29 is 13.2 Å². The molecule has 24 heavy (non-hydrogen) atoms. The molecule has 124 valence electrons. The van der Waals surface area contributed by atoms with Gasteiger partial charge in [0.15, 0.2) is 0 Å². The molecule has 7 heteroatoms. The lowest BCUT2D eigenvalue weighted by Gasteiger charge is -2.40. The van der Waals surface area contributed by atoms with E-state index in [1.54, 1.807) is 30.3 Å². The molecule has 0 aromatic heterocycles. The van der Waals surface area contributed by atoms with Crippen molar-refractivity contribution in [3.63, 3.8) is 0 Å². The molecular weight excluding hydrogens is 392 g/mol. The second-order valence-electron chi connectivity index (χ2n) is 5.34. The van der Waals surface area contributed by atoms with Gasteiger partial charge in [-0.2, -0.15) is 5.26 Å². The predicted octanol–water partition coefficient (Wildman–Crippen LogP) is 3.36. The molecular formula is C17H15BrN2O3S. The maximum absolute atomic E-state index is 13.2. The van der Waals surface area contributed by atoms with E-state index in [-0.39, 0.29) is 9.72 Å². The van der Waals surface area contributed by atoms with Crippen LogP contribution >= 0.6 is 15.9 Å². The maximum atomic E-state index is 13.2. The molecule has 3 rings (SSSR count). The van der Waals surface area contributed by atoms with Gasteiger partial charge in [-0.15, -0.1) is 4.31 Å². The molecule has 0 radical (unpaired) electrons. The van der Waals surface area contributed by atoms with Crippen LogP contribution in [-0.2, 0) is 14.8 Å². The van der Waals surface area contributed by atoms with Crippen LogP contribution in [0.2, 0.25) is 0 Å². The van der Waals surface area contributed by atoms with Gasteiger partial charge in [-0.25, -0.2) is 8.42 Å². The molecule has 0 spiro atoms. The molecule has 0 bridgehead atoms. The summed E-state index contributed by atoms with van der Waals surface area (Å²) in [6.07, 6.45) is -0.824. The van der Waals surface area contributed by atoms with E-state index in [9.17, 15) is 13.7 Å². The van der Waals surface area contributed by atoms with Crippen molar-refractivity contribution in [2.75, 3.05) is 7.11 Å². The van der Waals surface area contributed by atoms with E-state index in [0.717, 1.165) is 9.87 Å². The molecule has 0 fully saturated rings. The molecule has 2 aromatic rings. The number of alkyl halides is 1. The fourth-order valence-corrected chi connectivity index (χ4v) is 5.63. The quantitative estimate of drug-likeness (QED) is 0.732. The summed E-state index contributed by atoms with van der Waals surface area (Å²) in [5, 5.41) is 9.69. The number of rotatable bonds is 3. The maximum Gasteiger partial charge on any atom is 0.246 e. The van der Waals surface area contributed by atoms with Gasteiger partial charge in [-0.3, -0.25) is 0 Å². The number of hydrogen-bond donors (Lipinski definition) is 0. The van der Waals surface area contributed by atoms with Crippen LogP contribution < -0.4 is 0 Å². The molecule has 1 aliphatic rings. The fourth-order valence-electron chi connectivity index (χ4n) is 2.92. The van der Waals surface area contributed by atoms with Crippen molar-refractivity contribution in [2.24, 2.45) is 0 Å². The topological polar surface area (TPSA) is 70.4 Å². The lowest BCUT2D eigenvalue weighted by atomic mass is 9.94. The molecule has 3 unspecified atom stereocenters. The van der Waals surface area contributed by atoms with Gasteiger partial charge in [0.25, 0.3) is 0 Å².